The van der Waals surface area contributed by atoms with Crippen molar-refractivity contribution in [2.24, 2.45) is 0 Å². The summed E-state index contributed by atoms with van der Waals surface area (Å²) in [6, 6.07) is 3.63. The molecule has 1 aromatic carbocycles. The number of carbonyl (C=O) groups excluding carboxylic acids is 1. The molecule has 1 aromatic rings. The fraction of sp³-hybridized carbons (Fsp3) is 0.562. The van der Waals surface area contributed by atoms with E-state index in [1.165, 1.54) is 6.07 Å². The lowest BCUT2D eigenvalue weighted by Crippen LogP contribution is -2.57. The Morgan fingerprint density at radius 2 is 2.13 bits per heavy atom. The maximum absolute atomic E-state index is 13.4. The van der Waals surface area contributed by atoms with E-state index < -0.39 is 11.6 Å². The molecule has 0 spiro atoms. The summed E-state index contributed by atoms with van der Waals surface area (Å²) < 4.78 is 31.4. The van der Waals surface area contributed by atoms with Crippen molar-refractivity contribution in [2.75, 3.05) is 19.7 Å². The summed E-state index contributed by atoms with van der Waals surface area (Å²) in [6.07, 6.45) is 0.862. The van der Waals surface area contributed by atoms with E-state index in [0.717, 1.165) is 18.7 Å². The van der Waals surface area contributed by atoms with Crippen LogP contribution < -0.4 is 10.1 Å². The number of halogens is 3. The standard InChI is InChI=1S/C16H22F2N2O2.ClH/c1-11-12(2)20(8-7-19-11)16(21)4-3-9-22-15-6-5-13(17)10-14(15)18;/h5-6,10-12,19H,3-4,7-9H2,1-2H3;1H. The monoisotopic (exact) mass is 348 g/mol. The zero-order chi connectivity index (χ0) is 16.1. The number of carbonyl (C=O) groups is 1. The van der Waals surface area contributed by atoms with Crippen molar-refractivity contribution in [2.45, 2.75) is 38.8 Å². The Bertz CT molecular complexity index is 531. The van der Waals surface area contributed by atoms with E-state index in [2.05, 4.69) is 12.2 Å². The van der Waals surface area contributed by atoms with Crippen molar-refractivity contribution in [1.82, 2.24) is 10.2 Å². The smallest absolute Gasteiger partial charge is 0.223 e. The second kappa shape index (κ2) is 9.03. The summed E-state index contributed by atoms with van der Waals surface area (Å²) in [4.78, 5) is 14.1. The third-order valence-corrected chi connectivity index (χ3v) is 4.04. The average molecular weight is 349 g/mol. The molecule has 4 nitrogen and oxygen atoms in total. The van der Waals surface area contributed by atoms with Gasteiger partial charge in [-0.25, -0.2) is 8.78 Å². The van der Waals surface area contributed by atoms with E-state index in [0.29, 0.717) is 19.4 Å². The minimum Gasteiger partial charge on any atom is -0.491 e. The Hall–Kier alpha value is -1.40. The molecular weight excluding hydrogens is 326 g/mol. The largest absolute Gasteiger partial charge is 0.491 e. The Kier molecular flexibility index (Phi) is 7.72. The van der Waals surface area contributed by atoms with Gasteiger partial charge in [0.15, 0.2) is 11.6 Å². The molecule has 1 N–H and O–H groups in total. The summed E-state index contributed by atoms with van der Waals surface area (Å²) in [5, 5.41) is 3.33. The number of amides is 1. The van der Waals surface area contributed by atoms with Gasteiger partial charge in [-0.15, -0.1) is 12.4 Å². The van der Waals surface area contributed by atoms with Crippen LogP contribution in [-0.4, -0.2) is 42.6 Å². The quantitative estimate of drug-likeness (QED) is 0.832. The molecule has 1 saturated heterocycles. The molecular formula is C16H23ClF2N2O2. The SMILES string of the molecule is CC1NCCN(C(=O)CCCOc2ccc(F)cc2F)C1C.Cl. The average Bonchev–Trinajstić information content (AvgIpc) is 2.48. The molecule has 2 unspecified atom stereocenters. The minimum absolute atomic E-state index is 0. The molecule has 1 amide bonds. The number of hydrogen-bond donors (Lipinski definition) is 1. The summed E-state index contributed by atoms with van der Waals surface area (Å²) in [5.41, 5.74) is 0. The summed E-state index contributed by atoms with van der Waals surface area (Å²) >= 11 is 0. The molecule has 0 aliphatic carbocycles. The van der Waals surface area contributed by atoms with Gasteiger partial charge < -0.3 is 15.0 Å². The van der Waals surface area contributed by atoms with Gasteiger partial charge in [0.25, 0.3) is 0 Å². The van der Waals surface area contributed by atoms with Gasteiger partial charge in [-0.2, -0.15) is 0 Å². The van der Waals surface area contributed by atoms with Gasteiger partial charge in [-0.05, 0) is 32.4 Å². The van der Waals surface area contributed by atoms with E-state index in [4.69, 9.17) is 4.74 Å². The molecule has 0 radical (unpaired) electrons. The second-order valence-electron chi connectivity index (χ2n) is 5.60. The lowest BCUT2D eigenvalue weighted by molar-refractivity contribution is -0.135. The van der Waals surface area contributed by atoms with Crippen molar-refractivity contribution in [3.8, 4) is 5.75 Å². The molecule has 2 rings (SSSR count). The first kappa shape index (κ1) is 19.6. The predicted octanol–water partition coefficient (Wildman–Crippen LogP) is 2.75. The van der Waals surface area contributed by atoms with Crippen LogP contribution in [0.4, 0.5) is 8.78 Å². The van der Waals surface area contributed by atoms with Gasteiger partial charge in [0.1, 0.15) is 5.82 Å². The van der Waals surface area contributed by atoms with E-state index in [1.54, 1.807) is 0 Å². The number of piperazine rings is 1. The molecule has 1 fully saturated rings. The van der Waals surface area contributed by atoms with Crippen LogP contribution in [0.15, 0.2) is 18.2 Å². The Balaban J connectivity index is 0.00000264. The fourth-order valence-electron chi connectivity index (χ4n) is 2.55. The third kappa shape index (κ3) is 5.32. The molecule has 23 heavy (non-hydrogen) atoms. The van der Waals surface area contributed by atoms with Gasteiger partial charge >= 0.3 is 0 Å². The second-order valence-corrected chi connectivity index (χ2v) is 5.60. The first-order chi connectivity index (χ1) is 10.5. The van der Waals surface area contributed by atoms with Crippen LogP contribution in [0.3, 0.4) is 0 Å². The van der Waals surface area contributed by atoms with Gasteiger partial charge in [0, 0.05) is 37.7 Å². The first-order valence-electron chi connectivity index (χ1n) is 7.59. The maximum Gasteiger partial charge on any atom is 0.223 e. The van der Waals surface area contributed by atoms with Crippen LogP contribution in [0, 0.1) is 11.6 Å². The molecule has 130 valence electrons. The lowest BCUT2D eigenvalue weighted by atomic mass is 10.1. The van der Waals surface area contributed by atoms with E-state index >= 15 is 0 Å². The topological polar surface area (TPSA) is 41.6 Å². The molecule has 1 heterocycles. The number of rotatable bonds is 5. The minimum atomic E-state index is -0.726. The van der Waals surface area contributed by atoms with Gasteiger partial charge in [-0.3, -0.25) is 4.79 Å². The molecule has 1 aliphatic rings. The lowest BCUT2D eigenvalue weighted by Gasteiger charge is -2.38. The number of nitrogens with one attached hydrogen (secondary N) is 1. The fourth-order valence-corrected chi connectivity index (χ4v) is 2.55. The molecule has 2 atom stereocenters. The summed E-state index contributed by atoms with van der Waals surface area (Å²) in [6.45, 7) is 5.82. The predicted molar refractivity (Wildman–Crippen MR) is 87.0 cm³/mol. The number of benzene rings is 1. The van der Waals surface area contributed by atoms with E-state index in [1.807, 2.05) is 11.8 Å². The van der Waals surface area contributed by atoms with Gasteiger partial charge in [-0.1, -0.05) is 0 Å². The molecule has 1 aliphatic heterocycles. The van der Waals surface area contributed by atoms with Crippen molar-refractivity contribution in [1.29, 1.82) is 0 Å². The number of hydrogen-bond acceptors (Lipinski definition) is 3. The van der Waals surface area contributed by atoms with Crippen molar-refractivity contribution in [3.63, 3.8) is 0 Å². The summed E-state index contributed by atoms with van der Waals surface area (Å²) in [5.74, 6) is -1.26. The van der Waals surface area contributed by atoms with Crippen LogP contribution >= 0.6 is 12.4 Å². The zero-order valence-electron chi connectivity index (χ0n) is 13.4. The van der Waals surface area contributed by atoms with Crippen molar-refractivity contribution in [3.05, 3.63) is 29.8 Å². The zero-order valence-corrected chi connectivity index (χ0v) is 14.2. The van der Waals surface area contributed by atoms with Gasteiger partial charge in [0.05, 0.1) is 6.61 Å². The number of ether oxygens (including phenoxy) is 1. The third-order valence-electron chi connectivity index (χ3n) is 4.04. The van der Waals surface area contributed by atoms with E-state index in [-0.39, 0.29) is 42.8 Å². The van der Waals surface area contributed by atoms with Crippen molar-refractivity contribution < 1.29 is 18.3 Å². The Morgan fingerprint density at radius 3 is 2.83 bits per heavy atom. The summed E-state index contributed by atoms with van der Waals surface area (Å²) in [7, 11) is 0. The van der Waals surface area contributed by atoms with Crippen LogP contribution in [0.5, 0.6) is 5.75 Å². The maximum atomic E-state index is 13.4. The Labute approximate surface area is 141 Å². The van der Waals surface area contributed by atoms with E-state index in [9.17, 15) is 13.6 Å². The number of nitrogens with zero attached hydrogens (tertiary/aromatic N) is 1. The molecule has 7 heteroatoms. The van der Waals surface area contributed by atoms with Gasteiger partial charge in [0.2, 0.25) is 5.91 Å². The highest BCUT2D eigenvalue weighted by molar-refractivity contribution is 5.85. The molecule has 0 aromatic heterocycles. The molecule has 0 saturated carbocycles. The van der Waals surface area contributed by atoms with Crippen LogP contribution in [0.2, 0.25) is 0 Å². The highest BCUT2D eigenvalue weighted by Gasteiger charge is 2.27. The van der Waals surface area contributed by atoms with Crippen LogP contribution in [-0.2, 0) is 4.79 Å². The van der Waals surface area contributed by atoms with Crippen LogP contribution in [0.25, 0.3) is 0 Å². The molecule has 0 bridgehead atoms. The van der Waals surface area contributed by atoms with Crippen LogP contribution in [0.1, 0.15) is 26.7 Å². The highest BCUT2D eigenvalue weighted by atomic mass is 35.5. The van der Waals surface area contributed by atoms with Crippen molar-refractivity contribution >= 4 is 18.3 Å². The highest BCUT2D eigenvalue weighted by Crippen LogP contribution is 2.18. The first-order valence-corrected chi connectivity index (χ1v) is 7.59. The Morgan fingerprint density at radius 1 is 1.39 bits per heavy atom. The normalized spacial score (nSPS) is 20.8.